The summed E-state index contributed by atoms with van der Waals surface area (Å²) in [4.78, 5) is 0. The first-order valence-corrected chi connectivity index (χ1v) is 7.44. The summed E-state index contributed by atoms with van der Waals surface area (Å²) in [6.45, 7) is 13.0. The molecule has 0 unspecified atom stereocenters. The van der Waals surface area contributed by atoms with Crippen LogP contribution < -0.4 is 0 Å². The van der Waals surface area contributed by atoms with Crippen LogP contribution in [0.1, 0.15) is 11.1 Å². The first kappa shape index (κ1) is 18.9. The van der Waals surface area contributed by atoms with Gasteiger partial charge in [-0.1, -0.05) is 56.2 Å². The van der Waals surface area contributed by atoms with Crippen molar-refractivity contribution in [2.75, 3.05) is 7.05 Å². The van der Waals surface area contributed by atoms with E-state index in [0.29, 0.717) is 5.70 Å². The summed E-state index contributed by atoms with van der Waals surface area (Å²) in [5.74, 6) is 0. The summed E-state index contributed by atoms with van der Waals surface area (Å²) in [6.07, 6.45) is 14.2. The van der Waals surface area contributed by atoms with Crippen molar-refractivity contribution in [3.8, 4) is 0 Å². The molecule has 0 N–H and O–H groups in total. The van der Waals surface area contributed by atoms with E-state index >= 15 is 0 Å². The summed E-state index contributed by atoms with van der Waals surface area (Å²) >= 11 is 0. The zero-order valence-electron chi connectivity index (χ0n) is 14.2. The number of nitrogens with zero attached hydrogens (tertiary/aromatic N) is 4. The predicted octanol–water partition coefficient (Wildman–Crippen LogP) is 6.80. The van der Waals surface area contributed by atoms with Crippen molar-refractivity contribution >= 4 is 17.5 Å². The Hall–Kier alpha value is -3.14. The van der Waals surface area contributed by atoms with E-state index in [1.807, 2.05) is 37.3 Å². The lowest BCUT2D eigenvalue weighted by Gasteiger charge is -2.07. The maximum atomic E-state index is 4.34. The van der Waals surface area contributed by atoms with Gasteiger partial charge < -0.3 is 0 Å². The van der Waals surface area contributed by atoms with Crippen molar-refractivity contribution in [3.05, 3.63) is 91.2 Å². The van der Waals surface area contributed by atoms with Crippen LogP contribution in [0.4, 0.5) is 11.4 Å². The standard InChI is InChI=1S/C20H22N4/c1-6-9-12-17(11-8-3)22-24-19-14-15-20(23-21-5)18(16(19)4)13-10-7-2/h6-15H,1-3H2,4-5H3/b12-9-,13-10-,17-11+,23-21?,24-22?. The first-order chi connectivity index (χ1) is 11.7. The molecule has 0 aliphatic carbocycles. The zero-order chi connectivity index (χ0) is 17.8. The molecule has 0 amide bonds. The van der Waals surface area contributed by atoms with Crippen LogP contribution in [0.2, 0.25) is 0 Å². The average molecular weight is 318 g/mol. The minimum Gasteiger partial charge on any atom is -0.192 e. The van der Waals surface area contributed by atoms with Gasteiger partial charge in [-0.25, -0.2) is 0 Å². The van der Waals surface area contributed by atoms with Gasteiger partial charge in [0.1, 0.15) is 0 Å². The third-order valence-corrected chi connectivity index (χ3v) is 3.03. The highest BCUT2D eigenvalue weighted by Crippen LogP contribution is 2.32. The second-order valence-corrected chi connectivity index (χ2v) is 4.66. The molecule has 122 valence electrons. The van der Waals surface area contributed by atoms with Gasteiger partial charge in [-0.15, -0.1) is 0 Å². The molecular weight excluding hydrogens is 296 g/mol. The highest BCUT2D eigenvalue weighted by Gasteiger charge is 2.07. The van der Waals surface area contributed by atoms with Gasteiger partial charge >= 0.3 is 0 Å². The van der Waals surface area contributed by atoms with Crippen molar-refractivity contribution in [1.82, 2.24) is 0 Å². The largest absolute Gasteiger partial charge is 0.192 e. The summed E-state index contributed by atoms with van der Waals surface area (Å²) in [5.41, 5.74) is 4.13. The lowest BCUT2D eigenvalue weighted by Crippen LogP contribution is -1.83. The van der Waals surface area contributed by atoms with Crippen LogP contribution in [0, 0.1) is 6.92 Å². The molecule has 0 fully saturated rings. The summed E-state index contributed by atoms with van der Waals surface area (Å²) in [7, 11) is 1.64. The molecule has 4 heteroatoms. The predicted molar refractivity (Wildman–Crippen MR) is 103 cm³/mol. The number of benzene rings is 1. The van der Waals surface area contributed by atoms with Crippen LogP contribution in [-0.2, 0) is 0 Å². The maximum Gasteiger partial charge on any atom is 0.0928 e. The van der Waals surface area contributed by atoms with Crippen molar-refractivity contribution in [1.29, 1.82) is 0 Å². The molecule has 0 aromatic heterocycles. The van der Waals surface area contributed by atoms with E-state index in [-0.39, 0.29) is 0 Å². The Balaban J connectivity index is 3.32. The van der Waals surface area contributed by atoms with Gasteiger partial charge in [-0.05, 0) is 36.8 Å². The molecular formula is C20H22N4. The second-order valence-electron chi connectivity index (χ2n) is 4.66. The van der Waals surface area contributed by atoms with Gasteiger partial charge in [0.05, 0.1) is 17.1 Å². The fraction of sp³-hybridized carbons (Fsp3) is 0.100. The summed E-state index contributed by atoms with van der Waals surface area (Å²) < 4.78 is 0. The highest BCUT2D eigenvalue weighted by molar-refractivity contribution is 5.72. The van der Waals surface area contributed by atoms with Gasteiger partial charge in [-0.3, -0.25) is 0 Å². The first-order valence-electron chi connectivity index (χ1n) is 7.44. The van der Waals surface area contributed by atoms with Crippen LogP contribution in [0.15, 0.2) is 101 Å². The van der Waals surface area contributed by atoms with E-state index in [9.17, 15) is 0 Å². The minimum absolute atomic E-state index is 0.685. The molecule has 0 aliphatic rings. The molecule has 0 bridgehead atoms. The van der Waals surface area contributed by atoms with Crippen molar-refractivity contribution < 1.29 is 0 Å². The Kier molecular flexibility index (Phi) is 8.32. The number of allylic oxidation sites excluding steroid dienone is 7. The second kappa shape index (κ2) is 10.6. The quantitative estimate of drug-likeness (QED) is 0.373. The third-order valence-electron chi connectivity index (χ3n) is 3.03. The van der Waals surface area contributed by atoms with Crippen LogP contribution in [0.5, 0.6) is 0 Å². The van der Waals surface area contributed by atoms with Crippen molar-refractivity contribution in [2.45, 2.75) is 6.92 Å². The number of rotatable bonds is 8. The minimum atomic E-state index is 0.685. The Morgan fingerprint density at radius 1 is 0.958 bits per heavy atom. The SMILES string of the molecule is C=C/C=C\C(=C/C=C)N=Nc1ccc(N=NC)c(/C=C\C=C)c1C. The molecule has 0 radical (unpaired) electrons. The molecule has 0 heterocycles. The monoisotopic (exact) mass is 318 g/mol. The number of hydrogen-bond donors (Lipinski definition) is 0. The van der Waals surface area contributed by atoms with Gasteiger partial charge in [0.25, 0.3) is 0 Å². The van der Waals surface area contributed by atoms with Crippen molar-refractivity contribution in [2.24, 2.45) is 20.5 Å². The van der Waals surface area contributed by atoms with E-state index in [2.05, 4.69) is 40.2 Å². The van der Waals surface area contributed by atoms with Crippen LogP contribution >= 0.6 is 0 Å². The molecule has 1 aromatic rings. The Morgan fingerprint density at radius 2 is 1.67 bits per heavy atom. The van der Waals surface area contributed by atoms with Crippen LogP contribution in [-0.4, -0.2) is 7.05 Å². The molecule has 0 saturated carbocycles. The number of azo groups is 2. The van der Waals surface area contributed by atoms with Gasteiger partial charge in [0, 0.05) is 12.6 Å². The fourth-order valence-corrected chi connectivity index (χ4v) is 1.90. The van der Waals surface area contributed by atoms with Crippen LogP contribution in [0.25, 0.3) is 6.08 Å². The molecule has 24 heavy (non-hydrogen) atoms. The topological polar surface area (TPSA) is 49.4 Å². The zero-order valence-corrected chi connectivity index (χ0v) is 14.2. The molecule has 0 saturated heterocycles. The van der Waals surface area contributed by atoms with E-state index in [0.717, 1.165) is 22.5 Å². The Labute approximate surface area is 143 Å². The highest BCUT2D eigenvalue weighted by atomic mass is 15.1. The van der Waals surface area contributed by atoms with Gasteiger partial charge in [0.2, 0.25) is 0 Å². The van der Waals surface area contributed by atoms with E-state index in [1.165, 1.54) is 0 Å². The maximum absolute atomic E-state index is 4.34. The third kappa shape index (κ3) is 5.57. The summed E-state index contributed by atoms with van der Waals surface area (Å²) in [6, 6.07) is 3.74. The Bertz CT molecular complexity index is 747. The van der Waals surface area contributed by atoms with E-state index < -0.39 is 0 Å². The van der Waals surface area contributed by atoms with Gasteiger partial charge in [0.15, 0.2) is 0 Å². The number of hydrogen-bond acceptors (Lipinski definition) is 4. The average Bonchev–Trinajstić information content (AvgIpc) is 2.58. The lowest BCUT2D eigenvalue weighted by molar-refractivity contribution is 1.13. The van der Waals surface area contributed by atoms with E-state index in [4.69, 9.17) is 0 Å². The fourth-order valence-electron chi connectivity index (χ4n) is 1.90. The van der Waals surface area contributed by atoms with Crippen LogP contribution in [0.3, 0.4) is 0 Å². The molecule has 1 aromatic carbocycles. The Morgan fingerprint density at radius 3 is 2.29 bits per heavy atom. The molecule has 0 spiro atoms. The summed E-state index contributed by atoms with van der Waals surface area (Å²) in [5, 5.41) is 16.6. The lowest BCUT2D eigenvalue weighted by atomic mass is 10.0. The molecule has 1 rings (SSSR count). The van der Waals surface area contributed by atoms with Crippen molar-refractivity contribution in [3.63, 3.8) is 0 Å². The van der Waals surface area contributed by atoms with E-state index in [1.54, 1.807) is 37.4 Å². The molecule has 0 aliphatic heterocycles. The normalized spacial score (nSPS) is 12.7. The molecule has 4 nitrogen and oxygen atoms in total. The smallest absolute Gasteiger partial charge is 0.0928 e. The molecule has 0 atom stereocenters. The van der Waals surface area contributed by atoms with Gasteiger partial charge in [-0.2, -0.15) is 20.5 Å².